The zero-order chi connectivity index (χ0) is 18.1. The predicted molar refractivity (Wildman–Crippen MR) is 99.4 cm³/mol. The van der Waals surface area contributed by atoms with Crippen LogP contribution < -0.4 is 14.9 Å². The average Bonchev–Trinajstić information content (AvgIpc) is 2.54. The number of carbonyl (C=O) groups excluding carboxylic acids is 1. The second-order valence-electron chi connectivity index (χ2n) is 5.87. The van der Waals surface area contributed by atoms with Gasteiger partial charge >= 0.3 is 0 Å². The van der Waals surface area contributed by atoms with Crippen molar-refractivity contribution in [3.05, 3.63) is 59.2 Å². The summed E-state index contributed by atoms with van der Waals surface area (Å²) >= 11 is 0. The van der Waals surface area contributed by atoms with Crippen molar-refractivity contribution in [1.82, 2.24) is 5.43 Å². The number of amides is 1. The highest BCUT2D eigenvalue weighted by atomic mass is 16.5. The highest BCUT2D eigenvalue weighted by Gasteiger charge is 1.99. The van der Waals surface area contributed by atoms with E-state index in [-0.39, 0.29) is 5.91 Å². The van der Waals surface area contributed by atoms with Crippen LogP contribution in [0.4, 0.5) is 0 Å². The molecule has 0 spiro atoms. The molecule has 0 saturated carbocycles. The molecule has 5 heteroatoms. The molecule has 0 aliphatic rings. The van der Waals surface area contributed by atoms with Gasteiger partial charge in [0.25, 0.3) is 0 Å². The van der Waals surface area contributed by atoms with Crippen LogP contribution in [0.2, 0.25) is 0 Å². The number of rotatable bonds is 8. The molecule has 0 saturated heterocycles. The van der Waals surface area contributed by atoms with E-state index in [1.165, 1.54) is 18.1 Å². The molecule has 1 amide bonds. The number of nitrogens with zero attached hydrogens (tertiary/aromatic N) is 1. The van der Waals surface area contributed by atoms with Crippen molar-refractivity contribution in [2.24, 2.45) is 5.10 Å². The first kappa shape index (κ1) is 18.5. The monoisotopic (exact) mass is 340 g/mol. The van der Waals surface area contributed by atoms with E-state index in [1.807, 2.05) is 36.4 Å². The van der Waals surface area contributed by atoms with Crippen molar-refractivity contribution in [3.8, 4) is 11.5 Å². The summed E-state index contributed by atoms with van der Waals surface area (Å²) in [5.74, 6) is 1.46. The van der Waals surface area contributed by atoms with Gasteiger partial charge in [-0.15, -0.1) is 0 Å². The van der Waals surface area contributed by atoms with E-state index in [2.05, 4.69) is 30.4 Å². The van der Waals surface area contributed by atoms with Crippen molar-refractivity contribution in [1.29, 1.82) is 0 Å². The van der Waals surface area contributed by atoms with Crippen molar-refractivity contribution in [3.63, 3.8) is 0 Å². The Morgan fingerprint density at radius 1 is 1.04 bits per heavy atom. The van der Waals surface area contributed by atoms with E-state index in [0.717, 1.165) is 23.5 Å². The lowest BCUT2D eigenvalue weighted by molar-refractivity contribution is -0.118. The number of benzene rings is 2. The smallest absolute Gasteiger partial charge is 0.236 e. The lowest BCUT2D eigenvalue weighted by Gasteiger charge is -2.09. The number of carbonyl (C=O) groups is 1. The molecule has 0 radical (unpaired) electrons. The van der Waals surface area contributed by atoms with E-state index < -0.39 is 0 Å². The average molecular weight is 340 g/mol. The molecule has 0 aliphatic heterocycles. The van der Waals surface area contributed by atoms with Crippen molar-refractivity contribution in [2.45, 2.75) is 27.2 Å². The predicted octanol–water partition coefficient (Wildman–Crippen LogP) is 3.62. The Bertz CT molecular complexity index is 721. The van der Waals surface area contributed by atoms with Gasteiger partial charge in [0.05, 0.1) is 19.4 Å². The Balaban J connectivity index is 1.74. The van der Waals surface area contributed by atoms with E-state index in [1.54, 1.807) is 6.21 Å². The normalized spacial score (nSPS) is 10.7. The van der Waals surface area contributed by atoms with Crippen molar-refractivity contribution in [2.75, 3.05) is 13.2 Å². The molecule has 25 heavy (non-hydrogen) atoms. The molecule has 0 bridgehead atoms. The van der Waals surface area contributed by atoms with Gasteiger partial charge in [-0.3, -0.25) is 4.79 Å². The fourth-order valence-electron chi connectivity index (χ4n) is 2.34. The molecule has 2 rings (SSSR count). The van der Waals surface area contributed by atoms with Crippen LogP contribution in [0.3, 0.4) is 0 Å². The van der Waals surface area contributed by atoms with E-state index in [0.29, 0.717) is 13.2 Å². The summed E-state index contributed by atoms with van der Waals surface area (Å²) in [6.07, 6.45) is 2.37. The molecular weight excluding hydrogens is 316 g/mol. The summed E-state index contributed by atoms with van der Waals surface area (Å²) in [5, 5.41) is 3.84. The first-order chi connectivity index (χ1) is 12.0. The second kappa shape index (κ2) is 9.47. The lowest BCUT2D eigenvalue weighted by Crippen LogP contribution is -2.12. The molecule has 1 N–H and O–H groups in total. The van der Waals surface area contributed by atoms with Gasteiger partial charge in [0.15, 0.2) is 0 Å². The van der Waals surface area contributed by atoms with Gasteiger partial charge in [-0.25, -0.2) is 5.43 Å². The molecule has 0 aromatic heterocycles. The third kappa shape index (κ3) is 7.08. The largest absolute Gasteiger partial charge is 0.493 e. The number of hydrogen-bond donors (Lipinski definition) is 1. The van der Waals surface area contributed by atoms with Crippen LogP contribution in [-0.2, 0) is 4.79 Å². The van der Waals surface area contributed by atoms with Crippen LogP contribution in [-0.4, -0.2) is 25.3 Å². The van der Waals surface area contributed by atoms with Crippen LogP contribution in [0.15, 0.2) is 47.6 Å². The lowest BCUT2D eigenvalue weighted by atomic mass is 10.1. The topological polar surface area (TPSA) is 59.9 Å². The summed E-state index contributed by atoms with van der Waals surface area (Å²) in [6.45, 7) is 6.71. The highest BCUT2D eigenvalue weighted by Crippen LogP contribution is 2.16. The quantitative estimate of drug-likeness (QED) is 0.453. The summed E-state index contributed by atoms with van der Waals surface area (Å²) in [7, 11) is 0. The van der Waals surface area contributed by atoms with E-state index in [4.69, 9.17) is 9.47 Å². The second-order valence-corrected chi connectivity index (χ2v) is 5.87. The van der Waals surface area contributed by atoms with Gasteiger partial charge in [0.1, 0.15) is 11.5 Å². The minimum Gasteiger partial charge on any atom is -0.493 e. The fraction of sp³-hybridized carbons (Fsp3) is 0.300. The third-order valence-electron chi connectivity index (χ3n) is 3.32. The Labute approximate surface area is 148 Å². The van der Waals surface area contributed by atoms with Crippen LogP contribution in [0.1, 0.15) is 30.0 Å². The minimum atomic E-state index is -0.201. The summed E-state index contributed by atoms with van der Waals surface area (Å²) in [5.41, 5.74) is 5.63. The molecule has 0 heterocycles. The number of aryl methyl sites for hydroxylation is 2. The molecule has 132 valence electrons. The standard InChI is InChI=1S/C20H24N2O3/c1-15-10-16(2)12-20(11-15)25-9-5-8-24-19-7-4-6-18(13-19)14-21-22-17(3)23/h4,6-7,10-14H,5,8-9H2,1-3H3,(H,22,23). The summed E-state index contributed by atoms with van der Waals surface area (Å²) < 4.78 is 11.5. The summed E-state index contributed by atoms with van der Waals surface area (Å²) in [6, 6.07) is 13.7. The van der Waals surface area contributed by atoms with Crippen LogP contribution in [0, 0.1) is 13.8 Å². The zero-order valence-corrected chi connectivity index (χ0v) is 14.9. The minimum absolute atomic E-state index is 0.201. The van der Waals surface area contributed by atoms with Gasteiger partial charge in [0, 0.05) is 13.3 Å². The summed E-state index contributed by atoms with van der Waals surface area (Å²) in [4.78, 5) is 10.8. The highest BCUT2D eigenvalue weighted by molar-refractivity contribution is 5.82. The molecule has 2 aromatic carbocycles. The number of ether oxygens (including phenoxy) is 2. The van der Waals surface area contributed by atoms with Gasteiger partial charge < -0.3 is 9.47 Å². The Morgan fingerprint density at radius 2 is 1.72 bits per heavy atom. The Kier molecular flexibility index (Phi) is 7.01. The third-order valence-corrected chi connectivity index (χ3v) is 3.32. The van der Waals surface area contributed by atoms with E-state index in [9.17, 15) is 4.79 Å². The Hall–Kier alpha value is -2.82. The molecule has 0 fully saturated rings. The molecule has 0 unspecified atom stereocenters. The maximum atomic E-state index is 10.8. The maximum absolute atomic E-state index is 10.8. The number of hydrogen-bond acceptors (Lipinski definition) is 4. The first-order valence-corrected chi connectivity index (χ1v) is 8.26. The van der Waals surface area contributed by atoms with Crippen molar-refractivity contribution >= 4 is 12.1 Å². The van der Waals surface area contributed by atoms with Gasteiger partial charge in [-0.05, 0) is 54.8 Å². The number of nitrogens with one attached hydrogen (secondary N) is 1. The number of hydrazone groups is 1. The molecule has 0 atom stereocenters. The molecule has 5 nitrogen and oxygen atoms in total. The maximum Gasteiger partial charge on any atom is 0.236 e. The zero-order valence-electron chi connectivity index (χ0n) is 14.9. The first-order valence-electron chi connectivity index (χ1n) is 8.26. The van der Waals surface area contributed by atoms with Crippen molar-refractivity contribution < 1.29 is 14.3 Å². The molecule has 2 aromatic rings. The SMILES string of the molecule is CC(=O)NN=Cc1cccc(OCCCOc2cc(C)cc(C)c2)c1. The van der Waals surface area contributed by atoms with Gasteiger partial charge in [-0.2, -0.15) is 5.10 Å². The van der Waals surface area contributed by atoms with Crippen LogP contribution in [0.5, 0.6) is 11.5 Å². The molecule has 0 aliphatic carbocycles. The van der Waals surface area contributed by atoms with Crippen LogP contribution >= 0.6 is 0 Å². The van der Waals surface area contributed by atoms with E-state index >= 15 is 0 Å². The molecular formula is C20H24N2O3. The van der Waals surface area contributed by atoms with Gasteiger partial charge in [0.2, 0.25) is 5.91 Å². The van der Waals surface area contributed by atoms with Crippen LogP contribution in [0.25, 0.3) is 0 Å². The van der Waals surface area contributed by atoms with Gasteiger partial charge in [-0.1, -0.05) is 18.2 Å². The fourth-order valence-corrected chi connectivity index (χ4v) is 2.34. The Morgan fingerprint density at radius 3 is 2.40 bits per heavy atom.